The largest absolute Gasteiger partial charge is 0.479 e. The molecular weight excluding hydrogens is 248 g/mol. The number of carbonyl (C=O) groups excluding carboxylic acids is 1. The van der Waals surface area contributed by atoms with Gasteiger partial charge in [-0.2, -0.15) is 0 Å². The predicted molar refractivity (Wildman–Crippen MR) is 58.2 cm³/mol. The highest BCUT2D eigenvalue weighted by Crippen LogP contribution is 2.36. The lowest BCUT2D eigenvalue weighted by atomic mass is 9.86. The van der Waals surface area contributed by atoms with Gasteiger partial charge in [-0.05, 0) is 12.8 Å². The lowest BCUT2D eigenvalue weighted by Crippen LogP contribution is -2.38. The Morgan fingerprint density at radius 3 is 2.67 bits per heavy atom. The first-order valence-corrected chi connectivity index (χ1v) is 5.88. The van der Waals surface area contributed by atoms with E-state index in [-0.39, 0.29) is 19.4 Å². The number of halogens is 2. The maximum absolute atomic E-state index is 13.1. The Bertz CT molecular complexity index is 322. The molecule has 0 aromatic heterocycles. The second kappa shape index (κ2) is 6.08. The van der Waals surface area contributed by atoms with Gasteiger partial charge in [0.05, 0.1) is 0 Å². The summed E-state index contributed by atoms with van der Waals surface area (Å²) in [6.45, 7) is -0.0334. The zero-order valence-corrected chi connectivity index (χ0v) is 9.86. The van der Waals surface area contributed by atoms with Gasteiger partial charge >= 0.3 is 5.97 Å². The molecule has 0 spiro atoms. The van der Waals surface area contributed by atoms with Crippen LogP contribution in [0.1, 0.15) is 32.1 Å². The molecule has 0 heterocycles. The van der Waals surface area contributed by atoms with E-state index in [2.05, 4.69) is 5.32 Å². The van der Waals surface area contributed by atoms with E-state index in [4.69, 9.17) is 10.2 Å². The smallest absolute Gasteiger partial charge is 0.332 e. The van der Waals surface area contributed by atoms with Crippen molar-refractivity contribution >= 4 is 11.9 Å². The van der Waals surface area contributed by atoms with E-state index in [1.165, 1.54) is 0 Å². The highest BCUT2D eigenvalue weighted by molar-refractivity contribution is 5.79. The third kappa shape index (κ3) is 4.56. The van der Waals surface area contributed by atoms with Crippen molar-refractivity contribution in [2.24, 2.45) is 5.92 Å². The van der Waals surface area contributed by atoms with Crippen molar-refractivity contribution in [1.82, 2.24) is 5.32 Å². The van der Waals surface area contributed by atoms with Crippen LogP contribution in [0.5, 0.6) is 0 Å². The molecule has 1 aliphatic rings. The van der Waals surface area contributed by atoms with Gasteiger partial charge in [0.15, 0.2) is 6.10 Å². The Kier molecular flexibility index (Phi) is 5.01. The summed E-state index contributed by atoms with van der Waals surface area (Å²) < 4.78 is 26.1. The average Bonchev–Trinajstić information content (AvgIpc) is 2.27. The number of carboxylic acid groups (broad SMARTS) is 1. The third-order valence-electron chi connectivity index (χ3n) is 3.01. The Morgan fingerprint density at radius 1 is 1.44 bits per heavy atom. The first-order chi connectivity index (χ1) is 8.32. The van der Waals surface area contributed by atoms with E-state index < -0.39 is 36.2 Å². The number of aliphatic carboxylic acids is 1. The molecule has 1 rings (SSSR count). The summed E-state index contributed by atoms with van der Waals surface area (Å²) >= 11 is 0. The zero-order chi connectivity index (χ0) is 13.8. The van der Waals surface area contributed by atoms with Crippen LogP contribution in [-0.4, -0.2) is 40.7 Å². The summed E-state index contributed by atoms with van der Waals surface area (Å²) in [7, 11) is 0. The van der Waals surface area contributed by atoms with Gasteiger partial charge in [-0.1, -0.05) is 0 Å². The maximum Gasteiger partial charge on any atom is 0.332 e. The normalized spacial score (nSPS) is 24.3. The third-order valence-corrected chi connectivity index (χ3v) is 3.01. The summed E-state index contributed by atoms with van der Waals surface area (Å²) in [6.07, 6.45) is -1.59. The Morgan fingerprint density at radius 2 is 2.11 bits per heavy atom. The molecule has 104 valence electrons. The average molecular weight is 265 g/mol. The van der Waals surface area contributed by atoms with Crippen molar-refractivity contribution in [1.29, 1.82) is 0 Å². The van der Waals surface area contributed by atoms with Gasteiger partial charge in [0.2, 0.25) is 11.8 Å². The molecule has 1 saturated carbocycles. The number of alkyl halides is 2. The van der Waals surface area contributed by atoms with Crippen molar-refractivity contribution < 1.29 is 28.6 Å². The molecule has 1 unspecified atom stereocenters. The van der Waals surface area contributed by atoms with Crippen LogP contribution in [0.2, 0.25) is 0 Å². The molecule has 5 nitrogen and oxygen atoms in total. The minimum Gasteiger partial charge on any atom is -0.479 e. The summed E-state index contributed by atoms with van der Waals surface area (Å²) in [6, 6.07) is 0. The standard InChI is InChI=1S/C11H17F2NO4/c12-11(13)4-1-2-7(6-11)9(16)14-5-3-8(15)10(17)18/h7-8,15H,1-6H2,(H,14,16)(H,17,18)/t7?,8-/m0/s1. The van der Waals surface area contributed by atoms with Crippen LogP contribution in [0.25, 0.3) is 0 Å². The summed E-state index contributed by atoms with van der Waals surface area (Å²) in [5.74, 6) is -5.38. The number of hydrogen-bond acceptors (Lipinski definition) is 3. The molecule has 0 aliphatic heterocycles. The van der Waals surface area contributed by atoms with Crippen LogP contribution in [0.15, 0.2) is 0 Å². The summed E-state index contributed by atoms with van der Waals surface area (Å²) in [5, 5.41) is 19.7. The molecule has 0 radical (unpaired) electrons. The van der Waals surface area contributed by atoms with Gasteiger partial charge in [0, 0.05) is 31.7 Å². The molecule has 1 amide bonds. The van der Waals surface area contributed by atoms with Gasteiger partial charge < -0.3 is 15.5 Å². The number of aliphatic hydroxyl groups excluding tert-OH is 1. The summed E-state index contributed by atoms with van der Waals surface area (Å²) in [4.78, 5) is 21.9. The Labute approximate surface area is 103 Å². The van der Waals surface area contributed by atoms with E-state index in [0.29, 0.717) is 12.8 Å². The lowest BCUT2D eigenvalue weighted by Gasteiger charge is -2.28. The highest BCUT2D eigenvalue weighted by atomic mass is 19.3. The lowest BCUT2D eigenvalue weighted by molar-refractivity contribution is -0.147. The van der Waals surface area contributed by atoms with Crippen molar-refractivity contribution in [3.05, 3.63) is 0 Å². The van der Waals surface area contributed by atoms with Gasteiger partial charge in [-0.25, -0.2) is 13.6 Å². The molecule has 0 bridgehead atoms. The Hall–Kier alpha value is -1.24. The van der Waals surface area contributed by atoms with Crippen LogP contribution in [-0.2, 0) is 9.59 Å². The predicted octanol–water partition coefficient (Wildman–Crippen LogP) is 0.764. The molecule has 0 saturated heterocycles. The number of nitrogens with one attached hydrogen (secondary N) is 1. The Balaban J connectivity index is 2.30. The quantitative estimate of drug-likeness (QED) is 0.685. The van der Waals surface area contributed by atoms with Crippen LogP contribution in [0.3, 0.4) is 0 Å². The topological polar surface area (TPSA) is 86.6 Å². The van der Waals surface area contributed by atoms with E-state index in [1.54, 1.807) is 0 Å². The molecule has 0 aromatic rings. The van der Waals surface area contributed by atoms with Crippen LogP contribution >= 0.6 is 0 Å². The van der Waals surface area contributed by atoms with Crippen LogP contribution in [0, 0.1) is 5.92 Å². The van der Waals surface area contributed by atoms with E-state index in [0.717, 1.165) is 0 Å². The SMILES string of the molecule is O=C(NCC[C@H](O)C(=O)O)C1CCCC(F)(F)C1. The number of carboxylic acids is 1. The number of carbonyl (C=O) groups is 2. The number of aliphatic hydroxyl groups is 1. The fraction of sp³-hybridized carbons (Fsp3) is 0.818. The van der Waals surface area contributed by atoms with Gasteiger partial charge in [-0.15, -0.1) is 0 Å². The van der Waals surface area contributed by atoms with E-state index in [1.807, 2.05) is 0 Å². The number of hydrogen-bond donors (Lipinski definition) is 3. The summed E-state index contributed by atoms with van der Waals surface area (Å²) in [5.41, 5.74) is 0. The van der Waals surface area contributed by atoms with Crippen molar-refractivity contribution in [2.75, 3.05) is 6.54 Å². The molecule has 2 atom stereocenters. The molecule has 7 heteroatoms. The first kappa shape index (κ1) is 14.8. The molecule has 0 aromatic carbocycles. The molecule has 18 heavy (non-hydrogen) atoms. The van der Waals surface area contributed by atoms with Crippen molar-refractivity contribution in [3.63, 3.8) is 0 Å². The van der Waals surface area contributed by atoms with Gasteiger partial charge in [0.25, 0.3) is 0 Å². The molecular formula is C11H17F2NO4. The second-order valence-corrected chi connectivity index (χ2v) is 4.58. The molecule has 1 aliphatic carbocycles. The van der Waals surface area contributed by atoms with Crippen LogP contribution in [0.4, 0.5) is 8.78 Å². The highest BCUT2D eigenvalue weighted by Gasteiger charge is 2.38. The van der Waals surface area contributed by atoms with Crippen LogP contribution < -0.4 is 5.32 Å². The number of amides is 1. The fourth-order valence-corrected chi connectivity index (χ4v) is 2.00. The number of rotatable bonds is 5. The van der Waals surface area contributed by atoms with E-state index in [9.17, 15) is 18.4 Å². The molecule has 3 N–H and O–H groups in total. The van der Waals surface area contributed by atoms with Gasteiger partial charge in [0.1, 0.15) is 0 Å². The van der Waals surface area contributed by atoms with E-state index >= 15 is 0 Å². The molecule has 1 fully saturated rings. The van der Waals surface area contributed by atoms with Crippen molar-refractivity contribution in [3.8, 4) is 0 Å². The van der Waals surface area contributed by atoms with Crippen molar-refractivity contribution in [2.45, 2.75) is 44.1 Å². The minimum atomic E-state index is -2.79. The van der Waals surface area contributed by atoms with Gasteiger partial charge in [-0.3, -0.25) is 4.79 Å². The maximum atomic E-state index is 13.1. The first-order valence-electron chi connectivity index (χ1n) is 5.88. The fourth-order valence-electron chi connectivity index (χ4n) is 2.00. The zero-order valence-electron chi connectivity index (χ0n) is 9.86. The second-order valence-electron chi connectivity index (χ2n) is 4.58. The monoisotopic (exact) mass is 265 g/mol. The minimum absolute atomic E-state index is 0.0334.